The summed E-state index contributed by atoms with van der Waals surface area (Å²) in [5.74, 6) is -2.32. The summed E-state index contributed by atoms with van der Waals surface area (Å²) < 4.78 is 14.0. The molecule has 2 aromatic rings. The van der Waals surface area contributed by atoms with E-state index in [1.54, 1.807) is 6.07 Å². The summed E-state index contributed by atoms with van der Waals surface area (Å²) in [6, 6.07) is 7.13. The van der Waals surface area contributed by atoms with Gasteiger partial charge in [-0.05, 0) is 39.7 Å². The Morgan fingerprint density at radius 3 is 2.62 bits per heavy atom. The van der Waals surface area contributed by atoms with Gasteiger partial charge in [-0.15, -0.1) is 0 Å². The Labute approximate surface area is 128 Å². The van der Waals surface area contributed by atoms with E-state index in [-0.39, 0.29) is 17.8 Å². The molecule has 5 nitrogen and oxygen atoms in total. The van der Waals surface area contributed by atoms with E-state index in [0.29, 0.717) is 10.0 Å². The number of pyridine rings is 1. The monoisotopic (exact) mass is 352 g/mol. The van der Waals surface area contributed by atoms with E-state index in [0.717, 1.165) is 0 Å². The van der Waals surface area contributed by atoms with Gasteiger partial charge < -0.3 is 10.4 Å². The highest BCUT2D eigenvalue weighted by Gasteiger charge is 2.15. The number of aromatic carboxylic acids is 1. The zero-order chi connectivity index (χ0) is 15.4. The Morgan fingerprint density at radius 1 is 1.29 bits per heavy atom. The van der Waals surface area contributed by atoms with Crippen molar-refractivity contribution < 1.29 is 19.1 Å². The third kappa shape index (κ3) is 3.63. The summed E-state index contributed by atoms with van der Waals surface area (Å²) in [6.45, 7) is 0.118. The summed E-state index contributed by atoms with van der Waals surface area (Å²) in [5, 5.41) is 11.3. The molecule has 0 unspecified atom stereocenters. The Hall–Kier alpha value is -2.28. The molecule has 0 aliphatic rings. The zero-order valence-electron chi connectivity index (χ0n) is 10.6. The Kier molecular flexibility index (Phi) is 4.64. The normalized spacial score (nSPS) is 10.2. The predicted molar refractivity (Wildman–Crippen MR) is 76.5 cm³/mol. The summed E-state index contributed by atoms with van der Waals surface area (Å²) in [6.07, 6.45) is 1.35. The topological polar surface area (TPSA) is 79.3 Å². The third-order valence-corrected chi connectivity index (χ3v) is 3.35. The fraction of sp³-hybridized carbons (Fsp3) is 0.0714. The van der Waals surface area contributed by atoms with Gasteiger partial charge in [0.25, 0.3) is 5.91 Å². The molecule has 0 saturated carbocycles. The van der Waals surface area contributed by atoms with Gasteiger partial charge in [0.1, 0.15) is 11.5 Å². The van der Waals surface area contributed by atoms with E-state index in [1.165, 1.54) is 30.5 Å². The van der Waals surface area contributed by atoms with Crippen molar-refractivity contribution in [3.05, 3.63) is 63.6 Å². The smallest absolute Gasteiger partial charge is 0.354 e. The number of aromatic nitrogens is 1. The fourth-order valence-electron chi connectivity index (χ4n) is 1.64. The van der Waals surface area contributed by atoms with Crippen molar-refractivity contribution in [2.75, 3.05) is 0 Å². The molecule has 0 saturated heterocycles. The van der Waals surface area contributed by atoms with Gasteiger partial charge >= 0.3 is 5.97 Å². The van der Waals surface area contributed by atoms with Gasteiger partial charge in [-0.3, -0.25) is 4.79 Å². The first-order chi connectivity index (χ1) is 9.99. The number of nitrogens with zero attached hydrogens (tertiary/aromatic N) is 1. The first kappa shape index (κ1) is 15.1. The number of nitrogens with one attached hydrogen (secondary N) is 1. The quantitative estimate of drug-likeness (QED) is 0.886. The SMILES string of the molecule is O=C(O)c1ccc(CNC(=O)c2c(F)cccc2Br)cn1. The van der Waals surface area contributed by atoms with Crippen molar-refractivity contribution in [2.45, 2.75) is 6.54 Å². The van der Waals surface area contributed by atoms with Gasteiger partial charge in [0.15, 0.2) is 0 Å². The van der Waals surface area contributed by atoms with Crippen molar-refractivity contribution >= 4 is 27.8 Å². The average Bonchev–Trinajstić information content (AvgIpc) is 2.45. The second kappa shape index (κ2) is 6.45. The van der Waals surface area contributed by atoms with Crippen molar-refractivity contribution in [2.24, 2.45) is 0 Å². The molecule has 0 atom stereocenters. The van der Waals surface area contributed by atoms with Gasteiger partial charge in [-0.1, -0.05) is 12.1 Å². The highest BCUT2D eigenvalue weighted by Crippen LogP contribution is 2.19. The second-order valence-electron chi connectivity index (χ2n) is 4.14. The number of hydrogen-bond acceptors (Lipinski definition) is 3. The molecule has 108 valence electrons. The number of benzene rings is 1. The Balaban J connectivity index is 2.06. The third-order valence-electron chi connectivity index (χ3n) is 2.69. The summed E-state index contributed by atoms with van der Waals surface area (Å²) in [4.78, 5) is 26.3. The first-order valence-corrected chi connectivity index (χ1v) is 6.69. The van der Waals surface area contributed by atoms with Crippen LogP contribution in [-0.4, -0.2) is 22.0 Å². The van der Waals surface area contributed by atoms with E-state index < -0.39 is 17.7 Å². The van der Waals surface area contributed by atoms with Crippen LogP contribution in [-0.2, 0) is 6.54 Å². The van der Waals surface area contributed by atoms with Crippen molar-refractivity contribution in [3.8, 4) is 0 Å². The molecule has 0 bridgehead atoms. The van der Waals surface area contributed by atoms with Crippen LogP contribution in [0.1, 0.15) is 26.4 Å². The van der Waals surface area contributed by atoms with Gasteiger partial charge in [-0.2, -0.15) is 0 Å². The van der Waals surface area contributed by atoms with Crippen LogP contribution in [0.25, 0.3) is 0 Å². The Morgan fingerprint density at radius 2 is 2.05 bits per heavy atom. The minimum absolute atomic E-state index is 0.0763. The van der Waals surface area contributed by atoms with Crippen LogP contribution in [0.5, 0.6) is 0 Å². The highest BCUT2D eigenvalue weighted by molar-refractivity contribution is 9.10. The van der Waals surface area contributed by atoms with Crippen LogP contribution in [0, 0.1) is 5.82 Å². The van der Waals surface area contributed by atoms with Gasteiger partial charge in [-0.25, -0.2) is 14.2 Å². The molecule has 2 N–H and O–H groups in total. The van der Waals surface area contributed by atoms with Crippen LogP contribution >= 0.6 is 15.9 Å². The molecule has 21 heavy (non-hydrogen) atoms. The summed E-state index contributed by atoms with van der Waals surface area (Å²) >= 11 is 3.12. The molecule has 0 fully saturated rings. The molecule has 0 aliphatic heterocycles. The van der Waals surface area contributed by atoms with E-state index in [2.05, 4.69) is 26.2 Å². The van der Waals surface area contributed by atoms with Gasteiger partial charge in [0.05, 0.1) is 5.56 Å². The molecular formula is C14H10BrFN2O3. The molecule has 1 heterocycles. The lowest BCUT2D eigenvalue weighted by Gasteiger charge is -2.08. The standard InChI is InChI=1S/C14H10BrFN2O3/c15-9-2-1-3-10(16)12(9)13(19)18-7-8-4-5-11(14(20)21)17-6-8/h1-6H,7H2,(H,18,19)(H,20,21). The predicted octanol–water partition coefficient (Wildman–Crippen LogP) is 2.61. The van der Waals surface area contributed by atoms with Crippen molar-refractivity contribution in [1.82, 2.24) is 10.3 Å². The van der Waals surface area contributed by atoms with Crippen molar-refractivity contribution in [3.63, 3.8) is 0 Å². The van der Waals surface area contributed by atoms with Crippen LogP contribution < -0.4 is 5.32 Å². The van der Waals surface area contributed by atoms with E-state index in [9.17, 15) is 14.0 Å². The number of hydrogen-bond donors (Lipinski definition) is 2. The van der Waals surface area contributed by atoms with Gasteiger partial charge in [0.2, 0.25) is 0 Å². The van der Waals surface area contributed by atoms with E-state index in [1.807, 2.05) is 0 Å². The average molecular weight is 353 g/mol. The first-order valence-electron chi connectivity index (χ1n) is 5.89. The maximum atomic E-state index is 13.6. The Bertz CT molecular complexity index is 669. The lowest BCUT2D eigenvalue weighted by atomic mass is 10.2. The molecule has 0 spiro atoms. The van der Waals surface area contributed by atoms with E-state index in [4.69, 9.17) is 5.11 Å². The number of carbonyl (C=O) groups is 2. The largest absolute Gasteiger partial charge is 0.477 e. The van der Waals surface area contributed by atoms with Crippen LogP contribution in [0.15, 0.2) is 41.0 Å². The van der Waals surface area contributed by atoms with E-state index >= 15 is 0 Å². The van der Waals surface area contributed by atoms with Crippen LogP contribution in [0.2, 0.25) is 0 Å². The molecule has 2 rings (SSSR count). The van der Waals surface area contributed by atoms with Crippen LogP contribution in [0.3, 0.4) is 0 Å². The number of carboxylic acid groups (broad SMARTS) is 1. The summed E-state index contributed by atoms with van der Waals surface area (Å²) in [7, 11) is 0. The molecule has 1 aromatic heterocycles. The number of carboxylic acids is 1. The second-order valence-corrected chi connectivity index (χ2v) is 4.99. The highest BCUT2D eigenvalue weighted by atomic mass is 79.9. The minimum Gasteiger partial charge on any atom is -0.477 e. The van der Waals surface area contributed by atoms with Crippen LogP contribution in [0.4, 0.5) is 4.39 Å². The number of amides is 1. The number of rotatable bonds is 4. The summed E-state index contributed by atoms with van der Waals surface area (Å²) in [5.41, 5.74) is 0.454. The lowest BCUT2D eigenvalue weighted by Crippen LogP contribution is -2.24. The van der Waals surface area contributed by atoms with Gasteiger partial charge in [0, 0.05) is 17.2 Å². The van der Waals surface area contributed by atoms with Crippen molar-refractivity contribution in [1.29, 1.82) is 0 Å². The lowest BCUT2D eigenvalue weighted by molar-refractivity contribution is 0.0690. The zero-order valence-corrected chi connectivity index (χ0v) is 12.2. The number of halogens is 2. The minimum atomic E-state index is -1.12. The molecule has 0 radical (unpaired) electrons. The molecule has 0 aliphatic carbocycles. The fourth-order valence-corrected chi connectivity index (χ4v) is 2.16. The number of carbonyl (C=O) groups excluding carboxylic acids is 1. The molecular weight excluding hydrogens is 343 g/mol. The molecule has 1 aromatic carbocycles. The molecule has 1 amide bonds. The maximum Gasteiger partial charge on any atom is 0.354 e. The molecule has 7 heteroatoms. The maximum absolute atomic E-state index is 13.6.